The number of rotatable bonds is 3. The Labute approximate surface area is 121 Å². The van der Waals surface area contributed by atoms with E-state index in [0.717, 1.165) is 35.0 Å². The number of ether oxygens (including phenoxy) is 1. The molecule has 1 amide bonds. The van der Waals surface area contributed by atoms with Gasteiger partial charge in [0.05, 0.1) is 12.8 Å². The predicted molar refractivity (Wildman–Crippen MR) is 79.4 cm³/mol. The van der Waals surface area contributed by atoms with Gasteiger partial charge in [0, 0.05) is 16.4 Å². The first-order valence-corrected chi connectivity index (χ1v) is 7.21. The van der Waals surface area contributed by atoms with Crippen LogP contribution in [0.1, 0.15) is 24.8 Å². The van der Waals surface area contributed by atoms with Crippen molar-refractivity contribution in [2.75, 3.05) is 12.4 Å². The maximum atomic E-state index is 12.2. The van der Waals surface area contributed by atoms with Crippen molar-refractivity contribution in [2.24, 2.45) is 11.7 Å². The fourth-order valence-electron chi connectivity index (χ4n) is 2.51. The van der Waals surface area contributed by atoms with Crippen LogP contribution >= 0.6 is 15.9 Å². The minimum absolute atomic E-state index is 0.0164. The molecule has 2 unspecified atom stereocenters. The van der Waals surface area contributed by atoms with Crippen LogP contribution in [0.5, 0.6) is 5.75 Å². The van der Waals surface area contributed by atoms with Crippen molar-refractivity contribution < 1.29 is 9.53 Å². The lowest BCUT2D eigenvalue weighted by molar-refractivity contribution is -0.119. The average Bonchev–Trinajstić information content (AvgIpc) is 2.78. The highest BCUT2D eigenvalue weighted by atomic mass is 79.9. The Morgan fingerprint density at radius 3 is 2.79 bits per heavy atom. The summed E-state index contributed by atoms with van der Waals surface area (Å²) in [6.45, 7) is 1.95. The largest absolute Gasteiger partial charge is 0.495 e. The molecule has 1 saturated carbocycles. The molecule has 5 heteroatoms. The quantitative estimate of drug-likeness (QED) is 0.897. The second-order valence-corrected chi connectivity index (χ2v) is 5.97. The Bertz CT molecular complexity index is 491. The van der Waals surface area contributed by atoms with Gasteiger partial charge in [0.15, 0.2) is 0 Å². The molecule has 1 aliphatic rings. The highest BCUT2D eigenvalue weighted by Gasteiger charge is 2.28. The van der Waals surface area contributed by atoms with Gasteiger partial charge in [-0.2, -0.15) is 0 Å². The topological polar surface area (TPSA) is 64.3 Å². The highest BCUT2D eigenvalue weighted by molar-refractivity contribution is 9.10. The number of halogens is 1. The lowest BCUT2D eigenvalue weighted by Crippen LogP contribution is -2.23. The van der Waals surface area contributed by atoms with Gasteiger partial charge in [-0.3, -0.25) is 4.79 Å². The fourth-order valence-corrected chi connectivity index (χ4v) is 3.06. The molecule has 0 heterocycles. The van der Waals surface area contributed by atoms with Crippen LogP contribution < -0.4 is 15.8 Å². The number of carbonyl (C=O) groups excluding carboxylic acids is 1. The molecule has 1 aliphatic carbocycles. The molecule has 19 heavy (non-hydrogen) atoms. The summed E-state index contributed by atoms with van der Waals surface area (Å²) in [6, 6.07) is 3.96. The maximum absolute atomic E-state index is 12.2. The van der Waals surface area contributed by atoms with Gasteiger partial charge in [-0.15, -0.1) is 0 Å². The maximum Gasteiger partial charge on any atom is 0.227 e. The van der Waals surface area contributed by atoms with Crippen molar-refractivity contribution >= 4 is 27.5 Å². The molecule has 4 nitrogen and oxygen atoms in total. The van der Waals surface area contributed by atoms with Crippen molar-refractivity contribution in [3.8, 4) is 5.75 Å². The molecule has 0 spiro atoms. The number of hydrogen-bond donors (Lipinski definition) is 2. The van der Waals surface area contributed by atoms with Crippen LogP contribution in [-0.4, -0.2) is 19.1 Å². The van der Waals surface area contributed by atoms with Gasteiger partial charge in [-0.1, -0.05) is 15.9 Å². The summed E-state index contributed by atoms with van der Waals surface area (Å²) in [5.74, 6) is 0.724. The molecule has 0 saturated heterocycles. The van der Waals surface area contributed by atoms with Crippen LogP contribution in [0.3, 0.4) is 0 Å². The standard InChI is InChI=1S/C14H19BrN2O2/c1-8-5-10(15)7-12(19-2)13(8)17-14(18)9-3-4-11(16)6-9/h5,7,9,11H,3-4,6,16H2,1-2H3,(H,17,18). The van der Waals surface area contributed by atoms with E-state index in [1.165, 1.54) is 0 Å². The third kappa shape index (κ3) is 3.28. The molecule has 0 aliphatic heterocycles. The van der Waals surface area contributed by atoms with Crippen molar-refractivity contribution in [3.63, 3.8) is 0 Å². The molecule has 1 aromatic carbocycles. The van der Waals surface area contributed by atoms with Crippen LogP contribution in [0.25, 0.3) is 0 Å². The zero-order chi connectivity index (χ0) is 14.0. The summed E-state index contributed by atoms with van der Waals surface area (Å²) in [7, 11) is 1.60. The van der Waals surface area contributed by atoms with Gasteiger partial charge >= 0.3 is 0 Å². The third-order valence-electron chi connectivity index (χ3n) is 3.58. The normalized spacial score (nSPS) is 22.3. The lowest BCUT2D eigenvalue weighted by atomic mass is 10.1. The van der Waals surface area contributed by atoms with E-state index in [2.05, 4.69) is 21.2 Å². The van der Waals surface area contributed by atoms with Crippen LogP contribution in [0.2, 0.25) is 0 Å². The number of nitrogens with one attached hydrogen (secondary N) is 1. The Morgan fingerprint density at radius 1 is 1.47 bits per heavy atom. The Morgan fingerprint density at radius 2 is 2.21 bits per heavy atom. The summed E-state index contributed by atoms with van der Waals surface area (Å²) in [5, 5.41) is 2.98. The van der Waals surface area contributed by atoms with Gasteiger partial charge in [0.2, 0.25) is 5.91 Å². The first-order valence-electron chi connectivity index (χ1n) is 6.42. The molecular formula is C14H19BrN2O2. The van der Waals surface area contributed by atoms with Gasteiger partial charge in [-0.25, -0.2) is 0 Å². The summed E-state index contributed by atoms with van der Waals surface area (Å²) < 4.78 is 6.26. The zero-order valence-electron chi connectivity index (χ0n) is 11.2. The minimum Gasteiger partial charge on any atom is -0.495 e. The first-order chi connectivity index (χ1) is 9.01. The molecule has 2 rings (SSSR count). The molecule has 104 valence electrons. The van der Waals surface area contributed by atoms with E-state index in [-0.39, 0.29) is 17.9 Å². The van der Waals surface area contributed by atoms with E-state index >= 15 is 0 Å². The number of amides is 1. The summed E-state index contributed by atoms with van der Waals surface area (Å²) in [5.41, 5.74) is 7.57. The van der Waals surface area contributed by atoms with E-state index in [9.17, 15) is 4.79 Å². The van der Waals surface area contributed by atoms with Crippen molar-refractivity contribution in [2.45, 2.75) is 32.2 Å². The molecule has 0 bridgehead atoms. The SMILES string of the molecule is COc1cc(Br)cc(C)c1NC(=O)C1CCC(N)C1. The van der Waals surface area contributed by atoms with Crippen LogP contribution in [-0.2, 0) is 4.79 Å². The number of anilines is 1. The predicted octanol–water partition coefficient (Wildman–Crippen LogP) is 2.83. The molecule has 0 aromatic heterocycles. The van der Waals surface area contributed by atoms with E-state index in [4.69, 9.17) is 10.5 Å². The molecule has 1 fully saturated rings. The van der Waals surface area contributed by atoms with E-state index < -0.39 is 0 Å². The van der Waals surface area contributed by atoms with E-state index in [1.807, 2.05) is 19.1 Å². The van der Waals surface area contributed by atoms with Crippen LogP contribution in [0, 0.1) is 12.8 Å². The number of benzene rings is 1. The Kier molecular flexibility index (Phi) is 4.47. The number of hydrogen-bond acceptors (Lipinski definition) is 3. The Hall–Kier alpha value is -1.07. The highest BCUT2D eigenvalue weighted by Crippen LogP contribution is 2.33. The number of methoxy groups -OCH3 is 1. The first kappa shape index (κ1) is 14.3. The average molecular weight is 327 g/mol. The number of carbonyl (C=O) groups is 1. The van der Waals surface area contributed by atoms with Crippen LogP contribution in [0.4, 0.5) is 5.69 Å². The fraction of sp³-hybridized carbons (Fsp3) is 0.500. The molecular weight excluding hydrogens is 308 g/mol. The second kappa shape index (κ2) is 5.92. The molecule has 1 aromatic rings. The molecule has 0 radical (unpaired) electrons. The van der Waals surface area contributed by atoms with E-state index in [1.54, 1.807) is 7.11 Å². The van der Waals surface area contributed by atoms with Crippen molar-refractivity contribution in [1.29, 1.82) is 0 Å². The summed E-state index contributed by atoms with van der Waals surface area (Å²) in [6.07, 6.45) is 2.56. The van der Waals surface area contributed by atoms with Gasteiger partial charge in [0.25, 0.3) is 0 Å². The third-order valence-corrected chi connectivity index (χ3v) is 4.03. The minimum atomic E-state index is 0.0164. The Balaban J connectivity index is 2.16. The second-order valence-electron chi connectivity index (χ2n) is 5.06. The van der Waals surface area contributed by atoms with Gasteiger partial charge in [-0.05, 0) is 43.9 Å². The number of nitrogens with two attached hydrogens (primary N) is 1. The van der Waals surface area contributed by atoms with Crippen LogP contribution in [0.15, 0.2) is 16.6 Å². The molecule has 3 N–H and O–H groups in total. The van der Waals surface area contributed by atoms with Crippen molar-refractivity contribution in [1.82, 2.24) is 0 Å². The van der Waals surface area contributed by atoms with E-state index in [0.29, 0.717) is 5.75 Å². The zero-order valence-corrected chi connectivity index (χ0v) is 12.8. The summed E-state index contributed by atoms with van der Waals surface area (Å²) >= 11 is 3.42. The van der Waals surface area contributed by atoms with Crippen molar-refractivity contribution in [3.05, 3.63) is 22.2 Å². The number of aryl methyl sites for hydroxylation is 1. The molecule has 2 atom stereocenters. The summed E-state index contributed by atoms with van der Waals surface area (Å²) in [4.78, 5) is 12.2. The van der Waals surface area contributed by atoms with Gasteiger partial charge in [0.1, 0.15) is 5.75 Å². The smallest absolute Gasteiger partial charge is 0.227 e. The lowest BCUT2D eigenvalue weighted by Gasteiger charge is -2.16. The van der Waals surface area contributed by atoms with Gasteiger partial charge < -0.3 is 15.8 Å². The monoisotopic (exact) mass is 326 g/mol.